The van der Waals surface area contributed by atoms with Gasteiger partial charge in [-0.1, -0.05) is 15.9 Å². The van der Waals surface area contributed by atoms with Gasteiger partial charge in [-0.25, -0.2) is 0 Å². The predicted molar refractivity (Wildman–Crippen MR) is 66.2 cm³/mol. The maximum Gasteiger partial charge on any atom is 0.0482 e. The predicted octanol–water partition coefficient (Wildman–Crippen LogP) is 2.74. The largest absolute Gasteiger partial charge is 0.330 e. The minimum atomic E-state index is 0.671. The molecule has 15 heavy (non-hydrogen) atoms. The first-order chi connectivity index (χ1) is 7.31. The molecule has 0 aliphatic rings. The van der Waals surface area contributed by atoms with Crippen molar-refractivity contribution in [1.82, 2.24) is 4.57 Å². The minimum Gasteiger partial charge on any atom is -0.330 e. The number of nitrogens with two attached hydrogens (primary N) is 1. The van der Waals surface area contributed by atoms with Crippen molar-refractivity contribution in [3.63, 3.8) is 0 Å². The molecule has 2 rings (SSSR count). The summed E-state index contributed by atoms with van der Waals surface area (Å²) in [6.45, 7) is 0.671. The summed E-state index contributed by atoms with van der Waals surface area (Å²) in [6.07, 6.45) is 4.99. The van der Waals surface area contributed by atoms with Crippen LogP contribution in [0.4, 0.5) is 0 Å². The lowest BCUT2D eigenvalue weighted by Crippen LogP contribution is -2.06. The lowest BCUT2D eigenvalue weighted by Gasteiger charge is -2.10. The van der Waals surface area contributed by atoms with Crippen molar-refractivity contribution in [2.45, 2.75) is 6.42 Å². The third kappa shape index (κ3) is 2.30. The maximum absolute atomic E-state index is 5.61. The summed E-state index contributed by atoms with van der Waals surface area (Å²) in [6, 6.07) is 10.3. The van der Waals surface area contributed by atoms with Gasteiger partial charge >= 0.3 is 0 Å². The molecule has 0 bridgehead atoms. The first kappa shape index (κ1) is 10.5. The van der Waals surface area contributed by atoms with Crippen molar-refractivity contribution in [1.29, 1.82) is 0 Å². The Hall–Kier alpha value is -1.06. The van der Waals surface area contributed by atoms with Crippen LogP contribution in [0.15, 0.2) is 47.2 Å². The molecule has 0 radical (unpaired) electrons. The summed E-state index contributed by atoms with van der Waals surface area (Å²) in [4.78, 5) is 0. The van der Waals surface area contributed by atoms with E-state index in [0.717, 1.165) is 10.9 Å². The Morgan fingerprint density at radius 1 is 1.20 bits per heavy atom. The fraction of sp³-hybridized carbons (Fsp3) is 0.167. The molecule has 2 nitrogen and oxygen atoms in total. The minimum absolute atomic E-state index is 0.671. The third-order valence-electron chi connectivity index (χ3n) is 2.34. The molecule has 78 valence electrons. The van der Waals surface area contributed by atoms with E-state index in [9.17, 15) is 0 Å². The highest BCUT2D eigenvalue weighted by molar-refractivity contribution is 9.10. The zero-order chi connectivity index (χ0) is 10.7. The second-order valence-electron chi connectivity index (χ2n) is 3.40. The lowest BCUT2D eigenvalue weighted by atomic mass is 10.1. The van der Waals surface area contributed by atoms with Crippen molar-refractivity contribution >= 4 is 15.9 Å². The Bertz CT molecular complexity index is 435. The Labute approximate surface area is 97.8 Å². The summed E-state index contributed by atoms with van der Waals surface area (Å²) in [5.74, 6) is 0. The Morgan fingerprint density at radius 2 is 1.93 bits per heavy atom. The third-order valence-corrected chi connectivity index (χ3v) is 2.83. The number of hydrogen-bond donors (Lipinski definition) is 1. The highest BCUT2D eigenvalue weighted by Crippen LogP contribution is 2.20. The van der Waals surface area contributed by atoms with Crippen LogP contribution in [0.1, 0.15) is 5.56 Å². The van der Waals surface area contributed by atoms with Gasteiger partial charge in [0.2, 0.25) is 0 Å². The molecule has 0 atom stereocenters. The van der Waals surface area contributed by atoms with E-state index in [1.165, 1.54) is 11.3 Å². The highest BCUT2D eigenvalue weighted by atomic mass is 79.9. The molecule has 0 unspecified atom stereocenters. The van der Waals surface area contributed by atoms with Crippen molar-refractivity contribution in [3.05, 3.63) is 52.8 Å². The number of hydrogen-bond acceptors (Lipinski definition) is 1. The molecular weight excluding hydrogens is 252 g/mol. The quantitative estimate of drug-likeness (QED) is 0.908. The number of benzene rings is 1. The summed E-state index contributed by atoms with van der Waals surface area (Å²) in [5, 5.41) is 0. The number of aromatic nitrogens is 1. The highest BCUT2D eigenvalue weighted by Gasteiger charge is 2.03. The van der Waals surface area contributed by atoms with E-state index in [0.29, 0.717) is 6.54 Å². The number of halogens is 1. The summed E-state index contributed by atoms with van der Waals surface area (Å²) < 4.78 is 3.21. The molecule has 1 aromatic carbocycles. The van der Waals surface area contributed by atoms with Gasteiger partial charge in [-0.3, -0.25) is 0 Å². The van der Waals surface area contributed by atoms with E-state index in [1.54, 1.807) is 0 Å². The van der Waals surface area contributed by atoms with Gasteiger partial charge in [0.1, 0.15) is 0 Å². The smallest absolute Gasteiger partial charge is 0.0482 e. The second kappa shape index (κ2) is 4.64. The molecule has 1 heterocycles. The zero-order valence-electron chi connectivity index (χ0n) is 8.36. The molecule has 0 aliphatic carbocycles. The first-order valence-corrected chi connectivity index (χ1v) is 5.72. The van der Waals surface area contributed by atoms with Gasteiger partial charge in [-0.2, -0.15) is 0 Å². The average molecular weight is 265 g/mol. The van der Waals surface area contributed by atoms with Crippen LogP contribution in [0, 0.1) is 0 Å². The number of rotatable bonds is 3. The van der Waals surface area contributed by atoms with Crippen LogP contribution in [-0.2, 0) is 6.42 Å². The fourth-order valence-corrected chi connectivity index (χ4v) is 2.07. The molecular formula is C12H13BrN2. The molecule has 1 aromatic heterocycles. The van der Waals surface area contributed by atoms with Crippen LogP contribution in [0.2, 0.25) is 0 Å². The normalized spacial score (nSPS) is 10.5. The maximum atomic E-state index is 5.61. The van der Waals surface area contributed by atoms with E-state index >= 15 is 0 Å². The monoisotopic (exact) mass is 264 g/mol. The molecule has 0 amide bonds. The Balaban J connectivity index is 2.46. The van der Waals surface area contributed by atoms with Crippen LogP contribution in [0.5, 0.6) is 0 Å². The second-order valence-corrected chi connectivity index (χ2v) is 4.32. The molecule has 0 saturated heterocycles. The van der Waals surface area contributed by atoms with E-state index in [1.807, 2.05) is 24.5 Å². The van der Waals surface area contributed by atoms with Crippen LogP contribution >= 0.6 is 15.9 Å². The van der Waals surface area contributed by atoms with E-state index in [-0.39, 0.29) is 0 Å². The van der Waals surface area contributed by atoms with Gasteiger partial charge in [0.05, 0.1) is 0 Å². The van der Waals surface area contributed by atoms with Crippen LogP contribution in [0.3, 0.4) is 0 Å². The Kier molecular flexibility index (Phi) is 3.23. The van der Waals surface area contributed by atoms with Gasteiger partial charge in [-0.05, 0) is 48.9 Å². The van der Waals surface area contributed by atoms with Crippen molar-refractivity contribution in [2.24, 2.45) is 5.73 Å². The SMILES string of the molecule is NCCc1cc(Br)ccc1-n1cccc1. The van der Waals surface area contributed by atoms with Gasteiger partial charge in [0.25, 0.3) is 0 Å². The first-order valence-electron chi connectivity index (χ1n) is 4.93. The fourth-order valence-electron chi connectivity index (χ4n) is 1.66. The molecule has 0 aliphatic heterocycles. The van der Waals surface area contributed by atoms with Crippen molar-refractivity contribution in [2.75, 3.05) is 6.54 Å². The molecule has 0 saturated carbocycles. The summed E-state index contributed by atoms with van der Waals surface area (Å²) in [7, 11) is 0. The summed E-state index contributed by atoms with van der Waals surface area (Å²) in [5.41, 5.74) is 8.08. The van der Waals surface area contributed by atoms with E-state index < -0.39 is 0 Å². The van der Waals surface area contributed by atoms with Gasteiger partial charge in [0, 0.05) is 22.6 Å². The molecule has 2 aromatic rings. The van der Waals surface area contributed by atoms with Gasteiger partial charge < -0.3 is 10.3 Å². The molecule has 2 N–H and O–H groups in total. The number of nitrogens with zero attached hydrogens (tertiary/aromatic N) is 1. The van der Waals surface area contributed by atoms with Crippen LogP contribution < -0.4 is 5.73 Å². The zero-order valence-corrected chi connectivity index (χ0v) is 9.94. The summed E-state index contributed by atoms with van der Waals surface area (Å²) >= 11 is 3.48. The molecule has 0 spiro atoms. The Morgan fingerprint density at radius 3 is 2.60 bits per heavy atom. The van der Waals surface area contributed by atoms with E-state index in [4.69, 9.17) is 5.73 Å². The standard InChI is InChI=1S/C12H13BrN2/c13-11-3-4-12(10(9-11)5-6-14)15-7-1-2-8-15/h1-4,7-9H,5-6,14H2. The van der Waals surface area contributed by atoms with E-state index in [2.05, 4.69) is 38.7 Å². The van der Waals surface area contributed by atoms with Crippen LogP contribution in [0.25, 0.3) is 5.69 Å². The van der Waals surface area contributed by atoms with Crippen molar-refractivity contribution < 1.29 is 0 Å². The lowest BCUT2D eigenvalue weighted by molar-refractivity contribution is 0.937. The van der Waals surface area contributed by atoms with Crippen molar-refractivity contribution in [3.8, 4) is 5.69 Å². The van der Waals surface area contributed by atoms with Gasteiger partial charge in [-0.15, -0.1) is 0 Å². The molecule has 0 fully saturated rings. The average Bonchev–Trinajstić information content (AvgIpc) is 2.71. The topological polar surface area (TPSA) is 30.9 Å². The van der Waals surface area contributed by atoms with Gasteiger partial charge in [0.15, 0.2) is 0 Å². The molecule has 3 heteroatoms. The van der Waals surface area contributed by atoms with Crippen LogP contribution in [-0.4, -0.2) is 11.1 Å².